The average Bonchev–Trinajstić information content (AvgIpc) is 2.87. The van der Waals surface area contributed by atoms with Crippen molar-refractivity contribution in [1.82, 2.24) is 5.32 Å². The van der Waals surface area contributed by atoms with Crippen molar-refractivity contribution in [2.75, 3.05) is 19.8 Å². The molecule has 110 valence electrons. The van der Waals surface area contributed by atoms with Gasteiger partial charge in [-0.3, -0.25) is 5.32 Å². The van der Waals surface area contributed by atoms with Crippen LogP contribution in [0.25, 0.3) is 11.1 Å². The van der Waals surface area contributed by atoms with Gasteiger partial charge in [0.2, 0.25) is 0 Å². The molecule has 0 atom stereocenters. The Balaban J connectivity index is 2.07. The summed E-state index contributed by atoms with van der Waals surface area (Å²) >= 11 is 0. The van der Waals surface area contributed by atoms with Crippen molar-refractivity contribution < 1.29 is 15.3 Å². The van der Waals surface area contributed by atoms with Gasteiger partial charge in [0.1, 0.15) is 0 Å². The Hall–Kier alpha value is -1.72. The number of fused-ring (bicyclic) bond motifs is 3. The molecule has 0 amide bonds. The van der Waals surface area contributed by atoms with E-state index in [1.165, 1.54) is 0 Å². The van der Waals surface area contributed by atoms with Crippen LogP contribution in [0.4, 0.5) is 0 Å². The number of aliphatic hydroxyl groups excluding tert-OH is 3. The summed E-state index contributed by atoms with van der Waals surface area (Å²) in [5.41, 5.74) is 3.38. The summed E-state index contributed by atoms with van der Waals surface area (Å²) in [5, 5.41) is 31.9. The van der Waals surface area contributed by atoms with Crippen molar-refractivity contribution in [3.8, 4) is 11.1 Å². The number of hydrogen-bond donors (Lipinski definition) is 4. The van der Waals surface area contributed by atoms with E-state index >= 15 is 0 Å². The summed E-state index contributed by atoms with van der Waals surface area (Å²) in [4.78, 5) is 0. The predicted octanol–water partition coefficient (Wildman–Crippen LogP) is 1.06. The molecule has 4 nitrogen and oxygen atoms in total. The summed E-state index contributed by atoms with van der Waals surface area (Å²) in [6.45, 7) is -0.998. The zero-order valence-corrected chi connectivity index (χ0v) is 11.7. The summed E-state index contributed by atoms with van der Waals surface area (Å²) in [7, 11) is 0. The first-order chi connectivity index (χ1) is 10.2. The Labute approximate surface area is 123 Å². The molecule has 2 aromatic rings. The molecule has 21 heavy (non-hydrogen) atoms. The predicted molar refractivity (Wildman–Crippen MR) is 80.8 cm³/mol. The van der Waals surface area contributed by atoms with Crippen LogP contribution in [0.2, 0.25) is 0 Å². The molecule has 0 saturated carbocycles. The van der Waals surface area contributed by atoms with Gasteiger partial charge in [-0.05, 0) is 22.3 Å². The van der Waals surface area contributed by atoms with Crippen molar-refractivity contribution in [2.45, 2.75) is 11.6 Å². The number of aliphatic hydroxyl groups is 3. The second-order valence-electron chi connectivity index (χ2n) is 5.51. The molecular weight excluding hydrogens is 266 g/mol. The minimum Gasteiger partial charge on any atom is -0.394 e. The molecule has 0 spiro atoms. The highest BCUT2D eigenvalue weighted by Gasteiger charge is 2.36. The van der Waals surface area contributed by atoms with Gasteiger partial charge in [-0.2, -0.15) is 0 Å². The van der Waals surface area contributed by atoms with E-state index in [1.807, 2.05) is 36.4 Å². The Morgan fingerprint density at radius 1 is 0.762 bits per heavy atom. The molecule has 0 radical (unpaired) electrons. The van der Waals surface area contributed by atoms with Crippen LogP contribution in [-0.2, 0) is 0 Å². The largest absolute Gasteiger partial charge is 0.394 e. The Morgan fingerprint density at radius 2 is 1.19 bits per heavy atom. The van der Waals surface area contributed by atoms with Crippen LogP contribution < -0.4 is 5.32 Å². The summed E-state index contributed by atoms with van der Waals surface area (Å²) in [5.74, 6) is 0. The van der Waals surface area contributed by atoms with E-state index < -0.39 is 5.54 Å². The molecule has 0 aliphatic heterocycles. The molecule has 4 N–H and O–H groups in total. The van der Waals surface area contributed by atoms with Gasteiger partial charge in [0.15, 0.2) is 0 Å². The number of benzene rings is 2. The van der Waals surface area contributed by atoms with Gasteiger partial charge in [0.05, 0.1) is 31.4 Å². The van der Waals surface area contributed by atoms with Crippen molar-refractivity contribution in [2.24, 2.45) is 0 Å². The molecular formula is C17H19NO3. The van der Waals surface area contributed by atoms with Gasteiger partial charge in [-0.15, -0.1) is 0 Å². The van der Waals surface area contributed by atoms with Gasteiger partial charge in [0, 0.05) is 0 Å². The van der Waals surface area contributed by atoms with Crippen LogP contribution in [0.15, 0.2) is 48.5 Å². The highest BCUT2D eigenvalue weighted by Crippen LogP contribution is 2.43. The summed E-state index contributed by atoms with van der Waals surface area (Å²) in [6, 6.07) is 16.0. The van der Waals surface area contributed by atoms with E-state index in [-0.39, 0.29) is 25.9 Å². The first-order valence-corrected chi connectivity index (χ1v) is 7.03. The zero-order valence-electron chi connectivity index (χ0n) is 11.7. The van der Waals surface area contributed by atoms with E-state index in [4.69, 9.17) is 0 Å². The van der Waals surface area contributed by atoms with E-state index in [9.17, 15) is 15.3 Å². The molecule has 0 aromatic heterocycles. The third-order valence-electron chi connectivity index (χ3n) is 4.19. The molecule has 1 aliphatic rings. The third kappa shape index (κ3) is 2.26. The van der Waals surface area contributed by atoms with Gasteiger partial charge in [-0.25, -0.2) is 0 Å². The normalized spacial score (nSPS) is 14.0. The maximum atomic E-state index is 9.55. The molecule has 0 bridgehead atoms. The lowest BCUT2D eigenvalue weighted by atomic mass is 9.97. The molecule has 1 aliphatic carbocycles. The first-order valence-electron chi connectivity index (χ1n) is 7.03. The van der Waals surface area contributed by atoms with Gasteiger partial charge >= 0.3 is 0 Å². The summed E-state index contributed by atoms with van der Waals surface area (Å²) in [6.07, 6.45) is 0. The lowest BCUT2D eigenvalue weighted by molar-refractivity contribution is 0.0375. The van der Waals surface area contributed by atoms with E-state index in [0.29, 0.717) is 0 Å². The van der Waals surface area contributed by atoms with Crippen LogP contribution in [0, 0.1) is 0 Å². The minimum atomic E-state index is -1.10. The quantitative estimate of drug-likeness (QED) is 0.663. The summed E-state index contributed by atoms with van der Waals surface area (Å²) < 4.78 is 0. The van der Waals surface area contributed by atoms with Crippen molar-refractivity contribution in [1.29, 1.82) is 0 Å². The lowest BCUT2D eigenvalue weighted by Gasteiger charge is -2.33. The van der Waals surface area contributed by atoms with Crippen LogP contribution in [-0.4, -0.2) is 40.7 Å². The number of hydrogen-bond acceptors (Lipinski definition) is 4. The number of rotatable bonds is 5. The van der Waals surface area contributed by atoms with Crippen LogP contribution >= 0.6 is 0 Å². The smallest absolute Gasteiger partial charge is 0.0888 e. The fraction of sp³-hybridized carbons (Fsp3) is 0.294. The molecule has 0 fully saturated rings. The second kappa shape index (κ2) is 5.58. The van der Waals surface area contributed by atoms with Gasteiger partial charge in [-0.1, -0.05) is 48.5 Å². The maximum Gasteiger partial charge on any atom is 0.0888 e. The van der Waals surface area contributed by atoms with Crippen LogP contribution in [0.5, 0.6) is 0 Å². The van der Waals surface area contributed by atoms with Gasteiger partial charge < -0.3 is 15.3 Å². The van der Waals surface area contributed by atoms with E-state index in [2.05, 4.69) is 17.4 Å². The fourth-order valence-corrected chi connectivity index (χ4v) is 2.90. The average molecular weight is 285 g/mol. The van der Waals surface area contributed by atoms with Gasteiger partial charge in [0.25, 0.3) is 0 Å². The van der Waals surface area contributed by atoms with E-state index in [0.717, 1.165) is 22.3 Å². The Bertz CT molecular complexity index is 584. The molecule has 2 aromatic carbocycles. The monoisotopic (exact) mass is 285 g/mol. The zero-order chi connectivity index (χ0) is 14.9. The third-order valence-corrected chi connectivity index (χ3v) is 4.19. The SMILES string of the molecule is OCC(CO)(CO)NC1c2ccccc2-c2ccccc21. The number of nitrogens with one attached hydrogen (secondary N) is 1. The van der Waals surface area contributed by atoms with E-state index in [1.54, 1.807) is 0 Å². The molecule has 3 rings (SSSR count). The molecule has 0 heterocycles. The first kappa shape index (κ1) is 14.2. The molecule has 4 heteroatoms. The molecule has 0 saturated heterocycles. The van der Waals surface area contributed by atoms with Crippen molar-refractivity contribution >= 4 is 0 Å². The lowest BCUT2D eigenvalue weighted by Crippen LogP contribution is -2.55. The standard InChI is InChI=1S/C17H19NO3/c19-9-17(10-20,11-21)18-16-14-7-3-1-5-12(14)13-6-2-4-8-15(13)16/h1-8,16,18-21H,9-11H2. The van der Waals surface area contributed by atoms with Crippen molar-refractivity contribution in [3.63, 3.8) is 0 Å². The Kier molecular flexibility index (Phi) is 3.78. The highest BCUT2D eigenvalue weighted by atomic mass is 16.3. The highest BCUT2D eigenvalue weighted by molar-refractivity contribution is 5.78. The topological polar surface area (TPSA) is 72.7 Å². The Morgan fingerprint density at radius 3 is 1.62 bits per heavy atom. The molecule has 0 unspecified atom stereocenters. The van der Waals surface area contributed by atoms with Crippen LogP contribution in [0.3, 0.4) is 0 Å². The fourth-order valence-electron chi connectivity index (χ4n) is 2.90. The minimum absolute atomic E-state index is 0.149. The second-order valence-corrected chi connectivity index (χ2v) is 5.51. The van der Waals surface area contributed by atoms with Crippen LogP contribution in [0.1, 0.15) is 17.2 Å². The maximum absolute atomic E-state index is 9.55. The van der Waals surface area contributed by atoms with Crippen molar-refractivity contribution in [3.05, 3.63) is 59.7 Å².